The molecule has 0 aliphatic heterocycles. The van der Waals surface area contributed by atoms with Gasteiger partial charge in [0.25, 0.3) is 0 Å². The maximum absolute atomic E-state index is 11.1. The first-order chi connectivity index (χ1) is 7.30. The maximum atomic E-state index is 11.1. The van der Waals surface area contributed by atoms with E-state index in [1.807, 2.05) is 0 Å². The predicted octanol–water partition coefficient (Wildman–Crippen LogP) is 1.93. The summed E-state index contributed by atoms with van der Waals surface area (Å²) in [7, 11) is -3.66. The predicted molar refractivity (Wildman–Crippen MR) is 66.1 cm³/mol. The Kier molecular flexibility index (Phi) is 4.12. The molecule has 0 aliphatic carbocycles. The van der Waals surface area contributed by atoms with Crippen LogP contribution >= 0.6 is 15.9 Å². The van der Waals surface area contributed by atoms with Crippen LogP contribution in [0.3, 0.4) is 0 Å². The molecule has 0 radical (unpaired) electrons. The van der Waals surface area contributed by atoms with Crippen LogP contribution in [-0.2, 0) is 10.0 Å². The summed E-state index contributed by atoms with van der Waals surface area (Å²) < 4.78 is 28.3. The summed E-state index contributed by atoms with van der Waals surface area (Å²) in [5.74, 6) is 0.575. The Morgan fingerprint density at radius 3 is 2.62 bits per heavy atom. The van der Waals surface area contributed by atoms with Crippen molar-refractivity contribution in [1.29, 1.82) is 0 Å². The van der Waals surface area contributed by atoms with Gasteiger partial charge < -0.3 is 4.74 Å². The first-order valence-corrected chi connectivity index (χ1v) is 6.74. The second-order valence-corrected chi connectivity index (χ2v) is 5.93. The molecule has 4 nitrogen and oxygen atoms in total. The number of aryl methyl sites for hydroxylation is 1. The van der Waals surface area contributed by atoms with Crippen LogP contribution in [-0.4, -0.2) is 15.0 Å². The number of hydrogen-bond donors (Lipinski definition) is 1. The van der Waals surface area contributed by atoms with Gasteiger partial charge in [0.05, 0.1) is 4.90 Å². The molecular weight excluding hydrogens is 294 g/mol. The minimum Gasteiger partial charge on any atom is -0.488 e. The smallest absolute Gasteiger partial charge is 0.238 e. The van der Waals surface area contributed by atoms with E-state index in [1.54, 1.807) is 19.1 Å². The summed E-state index contributed by atoms with van der Waals surface area (Å²) in [5, 5.41) is 5.04. The van der Waals surface area contributed by atoms with Crippen molar-refractivity contribution in [1.82, 2.24) is 0 Å². The third kappa shape index (κ3) is 3.62. The van der Waals surface area contributed by atoms with Crippen LogP contribution in [0.4, 0.5) is 0 Å². The molecule has 0 atom stereocenters. The number of sulfonamides is 1. The molecule has 16 heavy (non-hydrogen) atoms. The normalized spacial score (nSPS) is 11.2. The molecule has 0 unspecified atom stereocenters. The highest BCUT2D eigenvalue weighted by Crippen LogP contribution is 2.20. The van der Waals surface area contributed by atoms with Crippen molar-refractivity contribution in [2.24, 2.45) is 5.14 Å². The Morgan fingerprint density at radius 2 is 2.19 bits per heavy atom. The average Bonchev–Trinajstić information content (AvgIpc) is 2.12. The van der Waals surface area contributed by atoms with Crippen LogP contribution in [0.2, 0.25) is 0 Å². The Bertz CT molecular complexity index is 511. The monoisotopic (exact) mass is 305 g/mol. The second kappa shape index (κ2) is 4.99. The SMILES string of the molecule is C=C(Br)COc1ccc(S(N)(=O)=O)c(C)c1. The van der Waals surface area contributed by atoms with E-state index in [4.69, 9.17) is 9.88 Å². The lowest BCUT2D eigenvalue weighted by atomic mass is 10.2. The fraction of sp³-hybridized carbons (Fsp3) is 0.200. The van der Waals surface area contributed by atoms with E-state index in [0.29, 0.717) is 22.4 Å². The average molecular weight is 306 g/mol. The molecule has 1 aromatic carbocycles. The molecule has 1 rings (SSSR count). The number of ether oxygens (including phenoxy) is 1. The van der Waals surface area contributed by atoms with E-state index in [9.17, 15) is 8.42 Å². The zero-order chi connectivity index (χ0) is 12.3. The van der Waals surface area contributed by atoms with Gasteiger partial charge in [0, 0.05) is 4.48 Å². The summed E-state index contributed by atoms with van der Waals surface area (Å²) in [4.78, 5) is 0.109. The first kappa shape index (κ1) is 13.2. The van der Waals surface area contributed by atoms with Gasteiger partial charge >= 0.3 is 0 Å². The quantitative estimate of drug-likeness (QED) is 0.924. The minimum absolute atomic E-state index is 0.109. The van der Waals surface area contributed by atoms with E-state index in [0.717, 1.165) is 0 Å². The van der Waals surface area contributed by atoms with Gasteiger partial charge in [-0.3, -0.25) is 0 Å². The molecule has 0 aliphatic rings. The lowest BCUT2D eigenvalue weighted by Gasteiger charge is -2.08. The molecular formula is C10H12BrNO3S. The van der Waals surface area contributed by atoms with Gasteiger partial charge in [-0.25, -0.2) is 13.6 Å². The second-order valence-electron chi connectivity index (χ2n) is 3.28. The molecule has 0 heterocycles. The van der Waals surface area contributed by atoms with Crippen molar-refractivity contribution in [3.05, 3.63) is 34.8 Å². The highest BCUT2D eigenvalue weighted by Gasteiger charge is 2.11. The van der Waals surface area contributed by atoms with Gasteiger partial charge in [0.2, 0.25) is 10.0 Å². The highest BCUT2D eigenvalue weighted by atomic mass is 79.9. The third-order valence-electron chi connectivity index (χ3n) is 1.85. The van der Waals surface area contributed by atoms with E-state index in [2.05, 4.69) is 22.5 Å². The molecule has 0 fully saturated rings. The zero-order valence-corrected chi connectivity index (χ0v) is 11.1. The summed E-state index contributed by atoms with van der Waals surface area (Å²) in [6.07, 6.45) is 0. The molecule has 88 valence electrons. The molecule has 6 heteroatoms. The highest BCUT2D eigenvalue weighted by molar-refractivity contribution is 9.11. The number of primary sulfonamides is 1. The number of hydrogen-bond acceptors (Lipinski definition) is 3. The van der Waals surface area contributed by atoms with E-state index >= 15 is 0 Å². The molecule has 0 aromatic heterocycles. The third-order valence-corrected chi connectivity index (χ3v) is 3.15. The number of nitrogens with two attached hydrogens (primary N) is 1. The van der Waals surface area contributed by atoms with Crippen molar-refractivity contribution < 1.29 is 13.2 Å². The fourth-order valence-electron chi connectivity index (χ4n) is 1.19. The lowest BCUT2D eigenvalue weighted by molar-refractivity contribution is 0.360. The standard InChI is InChI=1S/C10H12BrNO3S/c1-7-5-9(15-6-8(2)11)3-4-10(7)16(12,13)14/h3-5H,2,6H2,1H3,(H2,12,13,14). The van der Waals surface area contributed by atoms with Crippen LogP contribution in [0.25, 0.3) is 0 Å². The van der Waals surface area contributed by atoms with Gasteiger partial charge in [-0.05, 0) is 30.7 Å². The van der Waals surface area contributed by atoms with Crippen LogP contribution in [0, 0.1) is 6.92 Å². The molecule has 0 bridgehead atoms. The van der Waals surface area contributed by atoms with Crippen LogP contribution < -0.4 is 9.88 Å². The fourth-order valence-corrected chi connectivity index (χ4v) is 2.07. The van der Waals surface area contributed by atoms with E-state index in [1.165, 1.54) is 6.07 Å². The van der Waals surface area contributed by atoms with E-state index < -0.39 is 10.0 Å². The van der Waals surface area contributed by atoms with Gasteiger partial charge in [-0.2, -0.15) is 0 Å². The van der Waals surface area contributed by atoms with Crippen molar-refractivity contribution >= 4 is 26.0 Å². The van der Waals surface area contributed by atoms with Crippen molar-refractivity contribution in [2.45, 2.75) is 11.8 Å². The maximum Gasteiger partial charge on any atom is 0.238 e. The van der Waals surface area contributed by atoms with Crippen LogP contribution in [0.1, 0.15) is 5.56 Å². The summed E-state index contributed by atoms with van der Waals surface area (Å²) in [5.41, 5.74) is 0.556. The number of halogens is 1. The minimum atomic E-state index is -3.66. The van der Waals surface area contributed by atoms with Gasteiger partial charge in [0.1, 0.15) is 12.4 Å². The summed E-state index contributed by atoms with van der Waals surface area (Å²) in [6, 6.07) is 4.61. The summed E-state index contributed by atoms with van der Waals surface area (Å²) in [6.45, 7) is 5.62. The topological polar surface area (TPSA) is 69.4 Å². The van der Waals surface area contributed by atoms with Crippen LogP contribution in [0.5, 0.6) is 5.75 Å². The summed E-state index contributed by atoms with van der Waals surface area (Å²) >= 11 is 3.16. The largest absolute Gasteiger partial charge is 0.488 e. The zero-order valence-electron chi connectivity index (χ0n) is 8.73. The van der Waals surface area contributed by atoms with Gasteiger partial charge in [-0.1, -0.05) is 22.5 Å². The lowest BCUT2D eigenvalue weighted by Crippen LogP contribution is -2.13. The van der Waals surface area contributed by atoms with Crippen LogP contribution in [0.15, 0.2) is 34.2 Å². The molecule has 1 aromatic rings. The Hall–Kier alpha value is -0.850. The molecule has 2 N–H and O–H groups in total. The number of benzene rings is 1. The Labute approximate surface area is 103 Å². The van der Waals surface area contributed by atoms with Crippen molar-refractivity contribution in [2.75, 3.05) is 6.61 Å². The van der Waals surface area contributed by atoms with Gasteiger partial charge in [0.15, 0.2) is 0 Å². The molecule has 0 saturated heterocycles. The molecule has 0 spiro atoms. The first-order valence-electron chi connectivity index (χ1n) is 4.40. The Morgan fingerprint density at radius 1 is 1.56 bits per heavy atom. The molecule has 0 saturated carbocycles. The molecule has 0 amide bonds. The van der Waals surface area contributed by atoms with Gasteiger partial charge in [-0.15, -0.1) is 0 Å². The number of rotatable bonds is 4. The van der Waals surface area contributed by atoms with Crippen molar-refractivity contribution in [3.8, 4) is 5.75 Å². The van der Waals surface area contributed by atoms with E-state index in [-0.39, 0.29) is 4.90 Å². The van der Waals surface area contributed by atoms with Crippen molar-refractivity contribution in [3.63, 3.8) is 0 Å². The Balaban J connectivity index is 2.96.